The average Bonchev–Trinajstić information content (AvgIpc) is 3.79. The van der Waals surface area contributed by atoms with Gasteiger partial charge in [-0.25, -0.2) is 15.0 Å². The van der Waals surface area contributed by atoms with Crippen LogP contribution in [0, 0.1) is 0 Å². The fraction of sp³-hybridized carbons (Fsp3) is 0.0556. The van der Waals surface area contributed by atoms with Crippen LogP contribution in [0.4, 0.5) is 0 Å². The lowest BCUT2D eigenvalue weighted by molar-refractivity contribution is 0.660. The third-order valence-electron chi connectivity index (χ3n) is 11.7. The molecule has 2 heterocycles. The van der Waals surface area contributed by atoms with Crippen molar-refractivity contribution in [3.8, 4) is 78.7 Å². The zero-order chi connectivity index (χ0) is 38.8. The summed E-state index contributed by atoms with van der Waals surface area (Å²) in [5.41, 5.74) is 16.2. The van der Waals surface area contributed by atoms with E-state index < -0.39 is 0 Å². The van der Waals surface area contributed by atoms with Gasteiger partial charge in [-0.05, 0) is 62.7 Å². The molecule has 8 aromatic carbocycles. The topological polar surface area (TPSA) is 51.8 Å². The van der Waals surface area contributed by atoms with Crippen LogP contribution in [0.1, 0.15) is 25.0 Å². The van der Waals surface area contributed by atoms with E-state index in [0.717, 1.165) is 60.9 Å². The maximum absolute atomic E-state index is 6.90. The zero-order valence-electron chi connectivity index (χ0n) is 32.1. The Morgan fingerprint density at radius 3 is 1.43 bits per heavy atom. The number of aromatic nitrogens is 3. The second-order valence-electron chi connectivity index (χ2n) is 15.6. The lowest BCUT2D eigenvalue weighted by atomic mass is 9.82. The van der Waals surface area contributed by atoms with Crippen LogP contribution in [0.25, 0.3) is 101 Å². The van der Waals surface area contributed by atoms with E-state index in [1.807, 2.05) is 24.3 Å². The molecular weight excluding hydrogens is 707 g/mol. The summed E-state index contributed by atoms with van der Waals surface area (Å²) in [6.45, 7) is 4.60. The molecule has 0 bridgehead atoms. The standard InChI is InChI=1S/C54H37N3O/c1-54(2)47-28-10-9-23-43(47)44-30-29-40(33-48(44)54)53-56-51(35-17-7-4-8-18-35)55-52(57-53)39-22-12-21-38(32-39)42-25-14-27-46-45-26-13-24-41(49(45)58-50(42)46)37-20-11-19-36(31-37)34-15-5-3-6-16-34/h3-33H,1-2H3. The van der Waals surface area contributed by atoms with E-state index >= 15 is 0 Å². The van der Waals surface area contributed by atoms with E-state index in [9.17, 15) is 0 Å². The number of fused-ring (bicyclic) bond motifs is 6. The average molecular weight is 744 g/mol. The second kappa shape index (κ2) is 13.4. The number of benzene rings is 8. The van der Waals surface area contributed by atoms with Gasteiger partial charge >= 0.3 is 0 Å². The molecule has 10 aromatic rings. The Kier molecular flexibility index (Phi) is 7.80. The van der Waals surface area contributed by atoms with Crippen LogP contribution < -0.4 is 0 Å². The maximum atomic E-state index is 6.90. The molecule has 0 fully saturated rings. The summed E-state index contributed by atoms with van der Waals surface area (Å²) in [7, 11) is 0. The van der Waals surface area contributed by atoms with Gasteiger partial charge < -0.3 is 4.42 Å². The van der Waals surface area contributed by atoms with Gasteiger partial charge in [-0.15, -0.1) is 0 Å². The minimum Gasteiger partial charge on any atom is -0.455 e. The van der Waals surface area contributed by atoms with Crippen molar-refractivity contribution in [2.24, 2.45) is 0 Å². The predicted octanol–water partition coefficient (Wildman–Crippen LogP) is 14.1. The number of para-hydroxylation sites is 2. The fourth-order valence-electron chi connectivity index (χ4n) is 8.79. The molecule has 0 N–H and O–H groups in total. The molecule has 0 saturated heterocycles. The molecule has 1 aliphatic carbocycles. The van der Waals surface area contributed by atoms with E-state index in [-0.39, 0.29) is 5.41 Å². The van der Waals surface area contributed by atoms with Crippen LogP contribution in [0.3, 0.4) is 0 Å². The first-order valence-electron chi connectivity index (χ1n) is 19.8. The Morgan fingerprint density at radius 2 is 0.776 bits per heavy atom. The van der Waals surface area contributed by atoms with Gasteiger partial charge in [-0.1, -0.05) is 184 Å². The molecule has 58 heavy (non-hydrogen) atoms. The van der Waals surface area contributed by atoms with Gasteiger partial charge in [0.15, 0.2) is 17.5 Å². The molecule has 0 amide bonds. The Hall–Kier alpha value is -7.43. The zero-order valence-corrected chi connectivity index (χ0v) is 32.1. The van der Waals surface area contributed by atoms with Crippen LogP contribution in [0.2, 0.25) is 0 Å². The van der Waals surface area contributed by atoms with Gasteiger partial charge in [0.2, 0.25) is 0 Å². The quantitative estimate of drug-likeness (QED) is 0.170. The molecule has 4 heteroatoms. The summed E-state index contributed by atoms with van der Waals surface area (Å²) >= 11 is 0. The van der Waals surface area contributed by atoms with Gasteiger partial charge in [-0.3, -0.25) is 0 Å². The van der Waals surface area contributed by atoms with Gasteiger partial charge in [0.1, 0.15) is 11.2 Å². The van der Waals surface area contributed by atoms with Crippen LogP contribution in [-0.2, 0) is 5.41 Å². The number of rotatable bonds is 6. The van der Waals surface area contributed by atoms with Crippen molar-refractivity contribution in [1.82, 2.24) is 15.0 Å². The summed E-state index contributed by atoms with van der Waals surface area (Å²) in [6.07, 6.45) is 0. The number of hydrogen-bond donors (Lipinski definition) is 0. The largest absolute Gasteiger partial charge is 0.455 e. The fourth-order valence-corrected chi connectivity index (χ4v) is 8.79. The third kappa shape index (κ3) is 5.56. The molecule has 0 radical (unpaired) electrons. The van der Waals surface area contributed by atoms with E-state index in [1.165, 1.54) is 33.4 Å². The smallest absolute Gasteiger partial charge is 0.164 e. The molecule has 0 unspecified atom stereocenters. The van der Waals surface area contributed by atoms with Crippen LogP contribution in [-0.4, -0.2) is 15.0 Å². The summed E-state index contributed by atoms with van der Waals surface area (Å²) in [6, 6.07) is 66.0. The van der Waals surface area contributed by atoms with Crippen LogP contribution in [0.15, 0.2) is 192 Å². The molecule has 0 spiro atoms. The predicted molar refractivity (Wildman–Crippen MR) is 237 cm³/mol. The van der Waals surface area contributed by atoms with Crippen molar-refractivity contribution in [1.29, 1.82) is 0 Å². The molecule has 1 aliphatic rings. The first-order chi connectivity index (χ1) is 28.5. The molecule has 2 aromatic heterocycles. The van der Waals surface area contributed by atoms with Crippen molar-refractivity contribution in [2.45, 2.75) is 19.3 Å². The first-order valence-corrected chi connectivity index (χ1v) is 19.8. The minimum atomic E-state index is -0.140. The van der Waals surface area contributed by atoms with E-state index in [2.05, 4.69) is 178 Å². The maximum Gasteiger partial charge on any atom is 0.164 e. The van der Waals surface area contributed by atoms with Gasteiger partial charge in [0.05, 0.1) is 0 Å². The van der Waals surface area contributed by atoms with E-state index in [1.54, 1.807) is 0 Å². The van der Waals surface area contributed by atoms with Gasteiger partial charge in [0.25, 0.3) is 0 Å². The molecule has 0 atom stereocenters. The normalized spacial score (nSPS) is 12.8. The molecule has 0 aliphatic heterocycles. The Bertz CT molecular complexity index is 3200. The Balaban J connectivity index is 1.02. The number of furan rings is 1. The number of hydrogen-bond acceptors (Lipinski definition) is 4. The highest BCUT2D eigenvalue weighted by Crippen LogP contribution is 2.49. The molecule has 0 saturated carbocycles. The van der Waals surface area contributed by atoms with Crippen molar-refractivity contribution < 1.29 is 4.42 Å². The molecule has 4 nitrogen and oxygen atoms in total. The molecular formula is C54H37N3O. The third-order valence-corrected chi connectivity index (χ3v) is 11.7. The Morgan fingerprint density at radius 1 is 0.328 bits per heavy atom. The molecule has 274 valence electrons. The second-order valence-corrected chi connectivity index (χ2v) is 15.6. The van der Waals surface area contributed by atoms with Gasteiger partial charge in [-0.2, -0.15) is 0 Å². The van der Waals surface area contributed by atoms with Crippen molar-refractivity contribution >= 4 is 21.9 Å². The SMILES string of the molecule is CC1(C)c2ccccc2-c2ccc(-c3nc(-c4ccccc4)nc(-c4cccc(-c5cccc6c5oc5c(-c7cccc(-c8ccccc8)c7)cccc56)c4)n3)cc21. The summed E-state index contributed by atoms with van der Waals surface area (Å²) < 4.78 is 6.90. The van der Waals surface area contributed by atoms with Crippen LogP contribution >= 0.6 is 0 Å². The highest BCUT2D eigenvalue weighted by molar-refractivity contribution is 6.13. The summed E-state index contributed by atoms with van der Waals surface area (Å²) in [5, 5.41) is 2.17. The van der Waals surface area contributed by atoms with Crippen molar-refractivity contribution in [3.63, 3.8) is 0 Å². The lowest BCUT2D eigenvalue weighted by Crippen LogP contribution is -2.15. The first kappa shape index (κ1) is 33.9. The highest BCUT2D eigenvalue weighted by atomic mass is 16.3. The Labute approximate surface area is 337 Å². The van der Waals surface area contributed by atoms with Gasteiger partial charge in [0, 0.05) is 44.0 Å². The molecule has 11 rings (SSSR count). The van der Waals surface area contributed by atoms with Crippen molar-refractivity contribution in [2.75, 3.05) is 0 Å². The van der Waals surface area contributed by atoms with E-state index in [4.69, 9.17) is 19.4 Å². The van der Waals surface area contributed by atoms with E-state index in [0.29, 0.717) is 17.5 Å². The highest BCUT2D eigenvalue weighted by Gasteiger charge is 2.35. The van der Waals surface area contributed by atoms with Crippen LogP contribution in [0.5, 0.6) is 0 Å². The van der Waals surface area contributed by atoms with Crippen molar-refractivity contribution in [3.05, 3.63) is 199 Å². The minimum absolute atomic E-state index is 0.140. The monoisotopic (exact) mass is 743 g/mol. The lowest BCUT2D eigenvalue weighted by Gasteiger charge is -2.21. The number of nitrogens with zero attached hydrogens (tertiary/aromatic N) is 3. The summed E-state index contributed by atoms with van der Waals surface area (Å²) in [5.74, 6) is 1.90. The summed E-state index contributed by atoms with van der Waals surface area (Å²) in [4.78, 5) is 15.4.